The number of hydrogen-bond donors (Lipinski definition) is 1. The number of hydrogen-bond acceptors (Lipinski definition) is 4. The molecule has 2 N–H and O–H groups in total. The monoisotopic (exact) mass is 237 g/mol. The van der Waals surface area contributed by atoms with E-state index in [1.807, 2.05) is 13.8 Å². The predicted octanol–water partition coefficient (Wildman–Crippen LogP) is 0.954. The van der Waals surface area contributed by atoms with Crippen LogP contribution in [-0.2, 0) is 14.6 Å². The molecule has 0 atom stereocenters. The summed E-state index contributed by atoms with van der Waals surface area (Å²) < 4.78 is 28.5. The van der Waals surface area contributed by atoms with Crippen molar-refractivity contribution in [1.82, 2.24) is 0 Å². The van der Waals surface area contributed by atoms with Crippen molar-refractivity contribution in [2.24, 2.45) is 5.73 Å². The minimum atomic E-state index is -3.09. The van der Waals surface area contributed by atoms with Crippen LogP contribution in [-0.4, -0.2) is 38.2 Å². The molecule has 0 aliphatic heterocycles. The topological polar surface area (TPSA) is 69.4 Å². The fourth-order valence-corrected chi connectivity index (χ4v) is 3.22. The largest absolute Gasteiger partial charge is 0.379 e. The van der Waals surface area contributed by atoms with Crippen LogP contribution in [0.3, 0.4) is 0 Å². The Kier molecular flexibility index (Phi) is 4.76. The van der Waals surface area contributed by atoms with E-state index in [2.05, 4.69) is 0 Å². The Hall–Kier alpha value is -0.130. The Morgan fingerprint density at radius 2 is 1.67 bits per heavy atom. The van der Waals surface area contributed by atoms with Gasteiger partial charge in [0, 0.05) is 12.6 Å². The molecule has 0 aliphatic carbocycles. The molecular weight excluding hydrogens is 214 g/mol. The Morgan fingerprint density at radius 3 is 2.00 bits per heavy atom. The summed E-state index contributed by atoms with van der Waals surface area (Å²) in [5.41, 5.74) is 4.62. The number of methoxy groups -OCH3 is 1. The van der Waals surface area contributed by atoms with Crippen LogP contribution in [0.2, 0.25) is 0 Å². The van der Waals surface area contributed by atoms with E-state index >= 15 is 0 Å². The molecule has 0 amide bonds. The van der Waals surface area contributed by atoms with E-state index in [1.54, 1.807) is 21.0 Å². The summed E-state index contributed by atoms with van der Waals surface area (Å²) >= 11 is 0. The van der Waals surface area contributed by atoms with Crippen LogP contribution in [0.15, 0.2) is 0 Å². The molecule has 0 rings (SSSR count). The average molecular weight is 237 g/mol. The molecule has 0 saturated heterocycles. The molecule has 0 radical (unpaired) electrons. The first kappa shape index (κ1) is 14.9. The zero-order valence-electron chi connectivity index (χ0n) is 10.3. The van der Waals surface area contributed by atoms with Gasteiger partial charge >= 0.3 is 0 Å². The molecule has 0 aromatic heterocycles. The van der Waals surface area contributed by atoms with Gasteiger partial charge in [-0.1, -0.05) is 0 Å². The first-order valence-electron chi connectivity index (χ1n) is 5.02. The average Bonchev–Trinajstić information content (AvgIpc) is 1.97. The molecule has 92 valence electrons. The highest BCUT2D eigenvalue weighted by Gasteiger charge is 2.25. The summed E-state index contributed by atoms with van der Waals surface area (Å²) in [4.78, 5) is 0. The van der Waals surface area contributed by atoms with Gasteiger partial charge in [0.2, 0.25) is 0 Å². The second-order valence-electron chi connectivity index (χ2n) is 5.29. The zero-order valence-corrected chi connectivity index (χ0v) is 11.1. The maximum absolute atomic E-state index is 11.7. The van der Waals surface area contributed by atoms with Gasteiger partial charge in [-0.25, -0.2) is 8.42 Å². The first-order valence-corrected chi connectivity index (χ1v) is 6.84. The van der Waals surface area contributed by atoms with E-state index in [0.29, 0.717) is 6.42 Å². The van der Waals surface area contributed by atoms with E-state index in [-0.39, 0.29) is 11.5 Å². The van der Waals surface area contributed by atoms with Crippen molar-refractivity contribution in [3.8, 4) is 0 Å². The lowest BCUT2D eigenvalue weighted by atomic mass is 10.1. The van der Waals surface area contributed by atoms with Gasteiger partial charge in [0.25, 0.3) is 0 Å². The van der Waals surface area contributed by atoms with Crippen LogP contribution in [0.1, 0.15) is 34.1 Å². The lowest BCUT2D eigenvalue weighted by Crippen LogP contribution is -2.41. The summed E-state index contributed by atoms with van der Waals surface area (Å²) in [7, 11) is -1.50. The van der Waals surface area contributed by atoms with Crippen molar-refractivity contribution < 1.29 is 13.2 Å². The summed E-state index contributed by atoms with van der Waals surface area (Å²) in [5, 5.41) is 0. The lowest BCUT2D eigenvalue weighted by molar-refractivity contribution is 0.0203. The normalized spacial score (nSPS) is 14.3. The third kappa shape index (κ3) is 7.76. The molecule has 0 saturated carbocycles. The predicted molar refractivity (Wildman–Crippen MR) is 62.6 cm³/mol. The maximum Gasteiger partial charge on any atom is 0.152 e. The van der Waals surface area contributed by atoms with Crippen molar-refractivity contribution in [2.75, 3.05) is 18.6 Å². The first-order chi connectivity index (χ1) is 6.47. The van der Waals surface area contributed by atoms with Crippen LogP contribution >= 0.6 is 0 Å². The Labute approximate surface area is 93.1 Å². The quantitative estimate of drug-likeness (QED) is 0.747. The highest BCUT2D eigenvalue weighted by Crippen LogP contribution is 2.15. The molecule has 0 bridgehead atoms. The lowest BCUT2D eigenvalue weighted by Gasteiger charge is -2.24. The molecule has 15 heavy (non-hydrogen) atoms. The zero-order chi connectivity index (χ0) is 12.3. The van der Waals surface area contributed by atoms with E-state index in [0.717, 1.165) is 0 Å². The van der Waals surface area contributed by atoms with Crippen LogP contribution in [0.4, 0.5) is 0 Å². The smallest absolute Gasteiger partial charge is 0.152 e. The number of nitrogens with two attached hydrogens (primary N) is 1. The van der Waals surface area contributed by atoms with Gasteiger partial charge in [-0.3, -0.25) is 0 Å². The number of sulfone groups is 1. The van der Waals surface area contributed by atoms with Crippen molar-refractivity contribution in [1.29, 1.82) is 0 Å². The second-order valence-corrected chi connectivity index (χ2v) is 7.48. The van der Waals surface area contributed by atoms with E-state index in [4.69, 9.17) is 10.5 Å². The van der Waals surface area contributed by atoms with Crippen molar-refractivity contribution in [2.45, 2.75) is 45.3 Å². The van der Waals surface area contributed by atoms with Crippen LogP contribution in [0.5, 0.6) is 0 Å². The fourth-order valence-electron chi connectivity index (χ4n) is 1.14. The van der Waals surface area contributed by atoms with Gasteiger partial charge in [0.15, 0.2) is 9.84 Å². The maximum atomic E-state index is 11.7. The van der Waals surface area contributed by atoms with Crippen molar-refractivity contribution in [3.63, 3.8) is 0 Å². The fraction of sp³-hybridized carbons (Fsp3) is 1.00. The molecule has 0 aliphatic rings. The van der Waals surface area contributed by atoms with Gasteiger partial charge < -0.3 is 10.5 Å². The molecule has 0 aromatic rings. The number of rotatable bonds is 6. The third-order valence-electron chi connectivity index (χ3n) is 2.16. The van der Waals surface area contributed by atoms with Crippen LogP contribution < -0.4 is 5.73 Å². The molecule has 0 fully saturated rings. The van der Waals surface area contributed by atoms with Crippen LogP contribution in [0.25, 0.3) is 0 Å². The molecule has 0 aromatic carbocycles. The highest BCUT2D eigenvalue weighted by atomic mass is 32.2. The molecule has 5 heteroatoms. The minimum Gasteiger partial charge on any atom is -0.379 e. The number of ether oxygens (including phenoxy) is 1. The van der Waals surface area contributed by atoms with Crippen molar-refractivity contribution in [3.05, 3.63) is 0 Å². The second kappa shape index (κ2) is 4.80. The molecule has 0 spiro atoms. The Morgan fingerprint density at radius 1 is 1.20 bits per heavy atom. The van der Waals surface area contributed by atoms with E-state index in [9.17, 15) is 8.42 Å². The molecule has 0 heterocycles. The molecule has 4 nitrogen and oxygen atoms in total. The summed E-state index contributed by atoms with van der Waals surface area (Å²) in [5.74, 6) is 0.133. The van der Waals surface area contributed by atoms with Crippen molar-refractivity contribution >= 4 is 9.84 Å². The van der Waals surface area contributed by atoms with E-state index < -0.39 is 21.0 Å². The van der Waals surface area contributed by atoms with E-state index in [1.165, 1.54) is 0 Å². The minimum absolute atomic E-state index is 0.0137. The van der Waals surface area contributed by atoms with Gasteiger partial charge in [-0.05, 0) is 34.1 Å². The highest BCUT2D eigenvalue weighted by molar-refractivity contribution is 7.91. The van der Waals surface area contributed by atoms with Crippen LogP contribution in [0, 0.1) is 0 Å². The summed E-state index contributed by atoms with van der Waals surface area (Å²) in [6, 6.07) is 0. The standard InChI is InChI=1S/C10H23NO3S/c1-9(2,11)8-15(12,13)7-6-10(3,4)14-5/h6-8,11H2,1-5H3. The Bertz CT molecular complexity index is 288. The van der Waals surface area contributed by atoms with Gasteiger partial charge in [0.05, 0.1) is 17.1 Å². The Balaban J connectivity index is 4.30. The van der Waals surface area contributed by atoms with Gasteiger partial charge in [-0.15, -0.1) is 0 Å². The molecule has 0 unspecified atom stereocenters. The third-order valence-corrected chi connectivity index (χ3v) is 4.17. The summed E-state index contributed by atoms with van der Waals surface area (Å²) in [6.45, 7) is 7.17. The summed E-state index contributed by atoms with van der Waals surface area (Å²) in [6.07, 6.45) is 0.488. The molecular formula is C10H23NO3S. The SMILES string of the molecule is COC(C)(C)CCS(=O)(=O)CC(C)(C)N. The van der Waals surface area contributed by atoms with Gasteiger partial charge in [0.1, 0.15) is 0 Å². The van der Waals surface area contributed by atoms with Gasteiger partial charge in [-0.2, -0.15) is 0 Å².